The van der Waals surface area contributed by atoms with E-state index in [-0.39, 0.29) is 0 Å². The smallest absolute Gasteiger partial charge is 0.164 e. The Hall–Kier alpha value is -3.33. The molecule has 128 valence electrons. The fourth-order valence-electron chi connectivity index (χ4n) is 2.72. The second kappa shape index (κ2) is 8.17. The molecule has 0 amide bonds. The van der Waals surface area contributed by atoms with Gasteiger partial charge in [0.1, 0.15) is 0 Å². The Morgan fingerprint density at radius 1 is 0.846 bits per heavy atom. The zero-order valence-corrected chi connectivity index (χ0v) is 15.1. The number of allylic oxidation sites excluding steroid dienone is 4. The van der Waals surface area contributed by atoms with Gasteiger partial charge in [0.25, 0.3) is 0 Å². The van der Waals surface area contributed by atoms with E-state index in [0.29, 0.717) is 17.5 Å². The number of rotatable bonds is 5. The van der Waals surface area contributed by atoms with Crippen molar-refractivity contribution in [1.82, 2.24) is 15.0 Å². The van der Waals surface area contributed by atoms with Gasteiger partial charge in [0, 0.05) is 11.1 Å². The molecule has 3 heteroatoms. The lowest BCUT2D eigenvalue weighted by Crippen LogP contribution is -2.03. The van der Waals surface area contributed by atoms with Crippen molar-refractivity contribution in [3.8, 4) is 11.4 Å². The van der Waals surface area contributed by atoms with Crippen molar-refractivity contribution in [2.24, 2.45) is 0 Å². The molecule has 0 fully saturated rings. The van der Waals surface area contributed by atoms with Crippen LogP contribution in [0, 0.1) is 0 Å². The predicted octanol–water partition coefficient (Wildman–Crippen LogP) is 5.69. The fourth-order valence-corrected chi connectivity index (χ4v) is 2.72. The maximum absolute atomic E-state index is 4.68. The Bertz CT molecular complexity index is 955. The first-order chi connectivity index (χ1) is 12.7. The number of hydrogen-bond acceptors (Lipinski definition) is 3. The van der Waals surface area contributed by atoms with Gasteiger partial charge in [-0.05, 0) is 31.1 Å². The third kappa shape index (κ3) is 3.83. The lowest BCUT2D eigenvalue weighted by Gasteiger charge is -2.12. The number of nitrogens with zero attached hydrogens (tertiary/aromatic N) is 3. The summed E-state index contributed by atoms with van der Waals surface area (Å²) in [7, 11) is 0. The van der Waals surface area contributed by atoms with Crippen LogP contribution in [0.2, 0.25) is 0 Å². The average molecular weight is 339 g/mol. The molecule has 0 spiro atoms. The van der Waals surface area contributed by atoms with Crippen molar-refractivity contribution in [2.75, 3.05) is 0 Å². The van der Waals surface area contributed by atoms with Crippen LogP contribution in [0.15, 0.2) is 79.4 Å². The van der Waals surface area contributed by atoms with E-state index in [4.69, 9.17) is 0 Å². The number of aromatic nitrogens is 3. The third-order valence-electron chi connectivity index (χ3n) is 3.97. The molecule has 0 bridgehead atoms. The summed E-state index contributed by atoms with van der Waals surface area (Å²) in [6, 6.07) is 20.1. The van der Waals surface area contributed by atoms with Crippen molar-refractivity contribution in [3.05, 3.63) is 96.6 Å². The first-order valence-electron chi connectivity index (χ1n) is 8.58. The number of benzene rings is 2. The molecule has 3 aromatic rings. The van der Waals surface area contributed by atoms with Crippen LogP contribution in [0.5, 0.6) is 0 Å². The van der Waals surface area contributed by atoms with Crippen molar-refractivity contribution < 1.29 is 0 Å². The van der Waals surface area contributed by atoms with E-state index in [1.54, 1.807) is 0 Å². The Kier molecular flexibility index (Phi) is 5.49. The summed E-state index contributed by atoms with van der Waals surface area (Å²) in [5.41, 5.74) is 3.84. The molecular weight excluding hydrogens is 318 g/mol. The molecule has 0 aliphatic carbocycles. The largest absolute Gasteiger partial charge is 0.209 e. The van der Waals surface area contributed by atoms with Crippen LogP contribution in [0.4, 0.5) is 0 Å². The van der Waals surface area contributed by atoms with Crippen molar-refractivity contribution in [2.45, 2.75) is 13.8 Å². The van der Waals surface area contributed by atoms with Crippen molar-refractivity contribution in [3.63, 3.8) is 0 Å². The molecular formula is C23H21N3. The lowest BCUT2D eigenvalue weighted by atomic mass is 9.98. The molecule has 0 saturated carbocycles. The van der Waals surface area contributed by atoms with Gasteiger partial charge in [0.05, 0.1) is 0 Å². The normalized spacial score (nSPS) is 11.7. The van der Waals surface area contributed by atoms with E-state index in [2.05, 4.69) is 33.7 Å². The Morgan fingerprint density at radius 2 is 1.50 bits per heavy atom. The summed E-state index contributed by atoms with van der Waals surface area (Å²) in [4.78, 5) is 13.8. The molecule has 3 nitrogen and oxygen atoms in total. The van der Waals surface area contributed by atoms with Gasteiger partial charge >= 0.3 is 0 Å². The topological polar surface area (TPSA) is 38.7 Å². The molecule has 0 atom stereocenters. The summed E-state index contributed by atoms with van der Waals surface area (Å²) in [5, 5.41) is 0. The average Bonchev–Trinajstić information content (AvgIpc) is 2.70. The second-order valence-electron chi connectivity index (χ2n) is 5.75. The van der Waals surface area contributed by atoms with Crippen LogP contribution in [-0.4, -0.2) is 15.0 Å². The zero-order valence-electron chi connectivity index (χ0n) is 15.1. The van der Waals surface area contributed by atoms with Gasteiger partial charge in [0.2, 0.25) is 0 Å². The van der Waals surface area contributed by atoms with E-state index in [1.807, 2.05) is 80.6 Å². The van der Waals surface area contributed by atoms with Crippen LogP contribution < -0.4 is 0 Å². The molecule has 26 heavy (non-hydrogen) atoms. The Labute approximate surface area is 154 Å². The minimum absolute atomic E-state index is 0.587. The Morgan fingerprint density at radius 3 is 2.12 bits per heavy atom. The monoisotopic (exact) mass is 339 g/mol. The predicted molar refractivity (Wildman–Crippen MR) is 109 cm³/mol. The van der Waals surface area contributed by atoms with E-state index >= 15 is 0 Å². The molecule has 0 saturated heterocycles. The molecule has 3 rings (SSSR count). The summed E-state index contributed by atoms with van der Waals surface area (Å²) in [5.74, 6) is 1.86. The highest BCUT2D eigenvalue weighted by atomic mass is 15.0. The molecule has 0 N–H and O–H groups in total. The maximum Gasteiger partial charge on any atom is 0.164 e. The van der Waals surface area contributed by atoms with Gasteiger partial charge < -0.3 is 0 Å². The minimum atomic E-state index is 0.587. The maximum atomic E-state index is 4.68. The highest BCUT2D eigenvalue weighted by Gasteiger charge is 2.13. The van der Waals surface area contributed by atoms with E-state index in [0.717, 1.165) is 22.3 Å². The molecule has 1 heterocycles. The number of hydrogen-bond donors (Lipinski definition) is 0. The standard InChI is InChI=1S/C23H21N3/c1-4-12-21-24-22(26-23(25-21)19-15-10-7-11-16-19)17(3)20(5-2)18-13-8-6-9-14-18/h4-16H,3H2,1-2H3/b12-4+,20-5+. The SMILES string of the molecule is C=C(/C(=C\C)c1ccccc1)c1nc(/C=C/C)nc(-c2ccccc2)n1. The second-order valence-corrected chi connectivity index (χ2v) is 5.75. The van der Waals surface area contributed by atoms with Gasteiger partial charge in [0.15, 0.2) is 17.5 Å². The molecule has 1 aromatic heterocycles. The van der Waals surface area contributed by atoms with Gasteiger partial charge in [-0.3, -0.25) is 0 Å². The highest BCUT2D eigenvalue weighted by Crippen LogP contribution is 2.28. The molecule has 0 unspecified atom stereocenters. The Balaban J connectivity index is 2.09. The summed E-state index contributed by atoms with van der Waals surface area (Å²) < 4.78 is 0. The van der Waals surface area contributed by atoms with E-state index < -0.39 is 0 Å². The van der Waals surface area contributed by atoms with Crippen LogP contribution in [0.25, 0.3) is 28.6 Å². The summed E-state index contributed by atoms with van der Waals surface area (Å²) in [6.07, 6.45) is 5.84. The van der Waals surface area contributed by atoms with Crippen LogP contribution >= 0.6 is 0 Å². The van der Waals surface area contributed by atoms with Crippen molar-refractivity contribution in [1.29, 1.82) is 0 Å². The highest BCUT2D eigenvalue weighted by molar-refractivity contribution is 6.02. The first kappa shape index (κ1) is 17.5. The van der Waals surface area contributed by atoms with Gasteiger partial charge in [-0.25, -0.2) is 15.0 Å². The zero-order chi connectivity index (χ0) is 18.4. The minimum Gasteiger partial charge on any atom is -0.209 e. The van der Waals surface area contributed by atoms with Gasteiger partial charge in [-0.1, -0.05) is 79.4 Å². The molecule has 2 aromatic carbocycles. The third-order valence-corrected chi connectivity index (χ3v) is 3.97. The fraction of sp³-hybridized carbons (Fsp3) is 0.0870. The van der Waals surface area contributed by atoms with Crippen LogP contribution in [-0.2, 0) is 0 Å². The van der Waals surface area contributed by atoms with Gasteiger partial charge in [-0.15, -0.1) is 0 Å². The quantitative estimate of drug-likeness (QED) is 0.561. The molecule has 0 aliphatic heterocycles. The summed E-state index contributed by atoms with van der Waals surface area (Å²) in [6.45, 7) is 8.21. The van der Waals surface area contributed by atoms with E-state index in [9.17, 15) is 0 Å². The van der Waals surface area contributed by atoms with Crippen LogP contribution in [0.3, 0.4) is 0 Å². The van der Waals surface area contributed by atoms with E-state index in [1.165, 1.54) is 0 Å². The van der Waals surface area contributed by atoms with Crippen molar-refractivity contribution >= 4 is 17.2 Å². The summed E-state index contributed by atoms with van der Waals surface area (Å²) >= 11 is 0. The molecule has 0 aliphatic rings. The van der Waals surface area contributed by atoms with Gasteiger partial charge in [-0.2, -0.15) is 0 Å². The first-order valence-corrected chi connectivity index (χ1v) is 8.58. The van der Waals surface area contributed by atoms with Crippen LogP contribution in [0.1, 0.15) is 31.1 Å². The lowest BCUT2D eigenvalue weighted by molar-refractivity contribution is 1.01. The molecule has 0 radical (unpaired) electrons.